The fourth-order valence-corrected chi connectivity index (χ4v) is 3.14. The van der Waals surface area contributed by atoms with Crippen molar-refractivity contribution in [2.24, 2.45) is 0 Å². The molecule has 1 aromatic rings. The van der Waals surface area contributed by atoms with Crippen molar-refractivity contribution >= 4 is 6.03 Å². The molecule has 2 heterocycles. The first-order valence-electron chi connectivity index (χ1n) is 6.50. The van der Waals surface area contributed by atoms with E-state index in [0.29, 0.717) is 12.1 Å². The molecule has 3 nitrogen and oxygen atoms in total. The van der Waals surface area contributed by atoms with E-state index in [1.165, 1.54) is 12.1 Å². The van der Waals surface area contributed by atoms with Crippen LogP contribution in [0.25, 0.3) is 0 Å². The molecule has 2 saturated heterocycles. The van der Waals surface area contributed by atoms with Gasteiger partial charge in [-0.3, -0.25) is 0 Å². The predicted octanol–water partition coefficient (Wildman–Crippen LogP) is 2.75. The number of carbonyl (C=O) groups is 1. The molecule has 102 valence electrons. The number of nitrogens with zero attached hydrogens (tertiary/aromatic N) is 2. The second-order valence-corrected chi connectivity index (χ2v) is 5.63. The van der Waals surface area contributed by atoms with E-state index < -0.39 is 11.6 Å². The number of fused-ring (bicyclic) bond motifs is 1. The summed E-state index contributed by atoms with van der Waals surface area (Å²) in [7, 11) is 0. The topological polar surface area (TPSA) is 23.6 Å². The van der Waals surface area contributed by atoms with E-state index in [1.807, 2.05) is 4.90 Å². The number of halogens is 2. The smallest absolute Gasteiger partial charge is 0.318 e. The lowest BCUT2D eigenvalue weighted by Gasteiger charge is -2.24. The monoisotopic (exact) mass is 266 g/mol. The molecule has 0 saturated carbocycles. The Morgan fingerprint density at radius 1 is 1.37 bits per heavy atom. The molecule has 19 heavy (non-hydrogen) atoms. The third kappa shape index (κ3) is 1.97. The van der Waals surface area contributed by atoms with Gasteiger partial charge in [-0.05, 0) is 25.8 Å². The third-order valence-electron chi connectivity index (χ3n) is 4.16. The Bertz CT molecular complexity index is 534. The van der Waals surface area contributed by atoms with Crippen LogP contribution in [0.1, 0.15) is 25.3 Å². The van der Waals surface area contributed by atoms with Crippen LogP contribution in [0.15, 0.2) is 18.2 Å². The van der Waals surface area contributed by atoms with Crippen LogP contribution in [0.5, 0.6) is 0 Å². The van der Waals surface area contributed by atoms with Crippen molar-refractivity contribution in [3.8, 4) is 0 Å². The summed E-state index contributed by atoms with van der Waals surface area (Å²) >= 11 is 0. The molecule has 5 heteroatoms. The summed E-state index contributed by atoms with van der Waals surface area (Å²) in [5, 5.41) is 0. The highest BCUT2D eigenvalue weighted by Crippen LogP contribution is 2.36. The van der Waals surface area contributed by atoms with Gasteiger partial charge in [0.25, 0.3) is 0 Å². The molecular formula is C14H16F2N2O. The van der Waals surface area contributed by atoms with Crippen LogP contribution >= 0.6 is 0 Å². The molecule has 1 unspecified atom stereocenters. The maximum absolute atomic E-state index is 13.6. The highest BCUT2D eigenvalue weighted by molar-refractivity contribution is 5.78. The van der Waals surface area contributed by atoms with Crippen LogP contribution in [-0.2, 0) is 6.54 Å². The summed E-state index contributed by atoms with van der Waals surface area (Å²) < 4.78 is 26.5. The molecule has 0 N–H and O–H groups in total. The fraction of sp³-hybridized carbons (Fsp3) is 0.500. The summed E-state index contributed by atoms with van der Waals surface area (Å²) in [6, 6.07) is 3.45. The first kappa shape index (κ1) is 12.4. The summed E-state index contributed by atoms with van der Waals surface area (Å²) in [5.74, 6) is -1.19. The van der Waals surface area contributed by atoms with Crippen LogP contribution in [-0.4, -0.2) is 34.5 Å². The molecule has 2 fully saturated rings. The Balaban J connectivity index is 1.80. The number of hydrogen-bond acceptors (Lipinski definition) is 1. The van der Waals surface area contributed by atoms with Crippen molar-refractivity contribution in [2.75, 3.05) is 13.1 Å². The Morgan fingerprint density at radius 3 is 2.84 bits per heavy atom. The lowest BCUT2D eigenvalue weighted by molar-refractivity contribution is 0.184. The number of benzene rings is 1. The molecule has 0 aromatic heterocycles. The van der Waals surface area contributed by atoms with Crippen molar-refractivity contribution in [1.82, 2.24) is 9.80 Å². The van der Waals surface area contributed by atoms with E-state index in [0.717, 1.165) is 25.5 Å². The van der Waals surface area contributed by atoms with E-state index in [-0.39, 0.29) is 18.1 Å². The zero-order chi connectivity index (χ0) is 13.6. The van der Waals surface area contributed by atoms with Gasteiger partial charge in [-0.2, -0.15) is 0 Å². The molecule has 2 aliphatic heterocycles. The van der Waals surface area contributed by atoms with E-state index >= 15 is 0 Å². The van der Waals surface area contributed by atoms with Gasteiger partial charge in [-0.15, -0.1) is 0 Å². The lowest BCUT2D eigenvalue weighted by Crippen LogP contribution is -2.38. The zero-order valence-electron chi connectivity index (χ0n) is 10.8. The molecule has 2 amide bonds. The van der Waals surface area contributed by atoms with Gasteiger partial charge >= 0.3 is 6.03 Å². The van der Waals surface area contributed by atoms with Crippen molar-refractivity contribution in [2.45, 2.75) is 31.8 Å². The summed E-state index contributed by atoms with van der Waals surface area (Å²) in [5.41, 5.74) is 0.243. The van der Waals surface area contributed by atoms with Crippen molar-refractivity contribution in [1.29, 1.82) is 0 Å². The van der Waals surface area contributed by atoms with Crippen LogP contribution in [0.3, 0.4) is 0 Å². The Hall–Kier alpha value is -1.65. The van der Waals surface area contributed by atoms with Gasteiger partial charge < -0.3 is 9.80 Å². The Morgan fingerprint density at radius 2 is 2.16 bits per heavy atom. The van der Waals surface area contributed by atoms with Gasteiger partial charge in [-0.1, -0.05) is 6.07 Å². The number of hydrogen-bond donors (Lipinski definition) is 0. The minimum Gasteiger partial charge on any atom is -0.318 e. The second-order valence-electron chi connectivity index (χ2n) is 5.63. The SMILES string of the molecule is CC12CCCN1C(=O)N(Cc1ccc(F)cc1F)C2. The molecule has 0 spiro atoms. The van der Waals surface area contributed by atoms with Crippen LogP contribution < -0.4 is 0 Å². The second kappa shape index (κ2) is 4.18. The number of amides is 2. The Kier molecular flexibility index (Phi) is 2.73. The van der Waals surface area contributed by atoms with Gasteiger partial charge in [-0.25, -0.2) is 13.6 Å². The number of carbonyl (C=O) groups excluding carboxylic acids is 1. The Labute approximate surface area is 110 Å². The van der Waals surface area contributed by atoms with Gasteiger partial charge in [0.1, 0.15) is 11.6 Å². The maximum atomic E-state index is 13.6. The summed E-state index contributed by atoms with van der Waals surface area (Å²) in [4.78, 5) is 15.7. The highest BCUT2D eigenvalue weighted by Gasteiger charge is 2.48. The molecule has 0 bridgehead atoms. The molecule has 2 aliphatic rings. The normalized spacial score (nSPS) is 26.2. The highest BCUT2D eigenvalue weighted by atomic mass is 19.1. The van der Waals surface area contributed by atoms with E-state index in [1.54, 1.807) is 4.90 Å². The predicted molar refractivity (Wildman–Crippen MR) is 66.5 cm³/mol. The lowest BCUT2D eigenvalue weighted by atomic mass is 10.0. The summed E-state index contributed by atoms with van der Waals surface area (Å²) in [6.07, 6.45) is 2.02. The van der Waals surface area contributed by atoms with E-state index in [4.69, 9.17) is 0 Å². The van der Waals surface area contributed by atoms with Gasteiger partial charge in [0, 0.05) is 24.7 Å². The molecule has 1 aromatic carbocycles. The molecule has 3 rings (SSSR count). The fourth-order valence-electron chi connectivity index (χ4n) is 3.14. The van der Waals surface area contributed by atoms with Crippen LogP contribution in [0, 0.1) is 11.6 Å². The van der Waals surface area contributed by atoms with Gasteiger partial charge in [0.15, 0.2) is 0 Å². The standard InChI is InChI=1S/C14H16F2N2O/c1-14-5-2-6-18(14)13(19)17(9-14)8-10-3-4-11(15)7-12(10)16/h3-4,7H,2,5-6,8-9H2,1H3. The van der Waals surface area contributed by atoms with Crippen LogP contribution in [0.4, 0.5) is 13.6 Å². The van der Waals surface area contributed by atoms with Crippen LogP contribution in [0.2, 0.25) is 0 Å². The minimum atomic E-state index is -0.596. The van der Waals surface area contributed by atoms with E-state index in [2.05, 4.69) is 6.92 Å². The third-order valence-corrected chi connectivity index (χ3v) is 4.16. The van der Waals surface area contributed by atoms with Crippen molar-refractivity contribution in [3.63, 3.8) is 0 Å². The number of rotatable bonds is 2. The molecular weight excluding hydrogens is 250 g/mol. The zero-order valence-corrected chi connectivity index (χ0v) is 10.8. The largest absolute Gasteiger partial charge is 0.320 e. The molecule has 0 radical (unpaired) electrons. The van der Waals surface area contributed by atoms with Crippen molar-refractivity contribution in [3.05, 3.63) is 35.4 Å². The van der Waals surface area contributed by atoms with Crippen molar-refractivity contribution < 1.29 is 13.6 Å². The van der Waals surface area contributed by atoms with Gasteiger partial charge in [0.2, 0.25) is 0 Å². The summed E-state index contributed by atoms with van der Waals surface area (Å²) in [6.45, 7) is 3.66. The van der Waals surface area contributed by atoms with Gasteiger partial charge in [0.05, 0.1) is 12.1 Å². The minimum absolute atomic E-state index is 0.0382. The van der Waals surface area contributed by atoms with E-state index in [9.17, 15) is 13.6 Å². The maximum Gasteiger partial charge on any atom is 0.320 e. The average molecular weight is 266 g/mol. The molecule has 1 atom stereocenters. The quantitative estimate of drug-likeness (QED) is 0.807. The molecule has 0 aliphatic carbocycles. The first-order chi connectivity index (χ1) is 8.99. The average Bonchev–Trinajstić information content (AvgIpc) is 2.81. The number of urea groups is 1. The first-order valence-corrected chi connectivity index (χ1v) is 6.50.